The van der Waals surface area contributed by atoms with E-state index in [1.165, 1.54) is 0 Å². The minimum atomic E-state index is -3.62. The second kappa shape index (κ2) is 6.74. The third-order valence-electron chi connectivity index (χ3n) is 4.05. The highest BCUT2D eigenvalue weighted by molar-refractivity contribution is 9.10. The summed E-state index contributed by atoms with van der Waals surface area (Å²) < 4.78 is 37.6. The van der Waals surface area contributed by atoms with Crippen LogP contribution in [-0.2, 0) is 20.0 Å². The van der Waals surface area contributed by atoms with Crippen molar-refractivity contribution in [1.82, 2.24) is 0 Å². The molecule has 1 aliphatic heterocycles. The normalized spacial score (nSPS) is 17.4. The highest BCUT2D eigenvalue weighted by atomic mass is 79.9. The summed E-state index contributed by atoms with van der Waals surface area (Å²) in [5.41, 5.74) is 0.858. The lowest BCUT2D eigenvalue weighted by Crippen LogP contribution is -2.12. The van der Waals surface area contributed by atoms with Crippen LogP contribution in [0.25, 0.3) is 0 Å². The fourth-order valence-electron chi connectivity index (χ4n) is 2.37. The molecule has 6 heteroatoms. The number of benzene rings is 2. The van der Waals surface area contributed by atoms with Crippen molar-refractivity contribution in [2.45, 2.75) is 42.1 Å². The van der Waals surface area contributed by atoms with Crippen molar-refractivity contribution >= 4 is 25.8 Å². The summed E-state index contributed by atoms with van der Waals surface area (Å²) in [6.07, 6.45) is 0.107. The molecule has 1 atom stereocenters. The third kappa shape index (κ3) is 4.25. The molecule has 0 N–H and O–H groups in total. The molecule has 1 unspecified atom stereocenters. The van der Waals surface area contributed by atoms with Gasteiger partial charge in [-0.2, -0.15) is 0 Å². The van der Waals surface area contributed by atoms with Crippen LogP contribution in [0.2, 0.25) is 0 Å². The Morgan fingerprint density at radius 2 is 1.84 bits per heavy atom. The number of hydrogen-bond donors (Lipinski definition) is 0. The van der Waals surface area contributed by atoms with E-state index in [4.69, 9.17) is 9.47 Å². The van der Waals surface area contributed by atoms with E-state index in [9.17, 15) is 8.42 Å². The van der Waals surface area contributed by atoms with E-state index in [1.54, 1.807) is 36.4 Å². The summed E-state index contributed by atoms with van der Waals surface area (Å²) in [4.78, 5) is 0.507. The first kappa shape index (κ1) is 18.4. The Morgan fingerprint density at radius 3 is 2.48 bits per heavy atom. The predicted octanol–water partition coefficient (Wildman–Crippen LogP) is 4.36. The van der Waals surface area contributed by atoms with Gasteiger partial charge in [0.2, 0.25) is 9.84 Å². The van der Waals surface area contributed by atoms with E-state index in [-0.39, 0.29) is 16.4 Å². The smallest absolute Gasteiger partial charge is 0.206 e. The zero-order valence-electron chi connectivity index (χ0n) is 14.5. The summed E-state index contributed by atoms with van der Waals surface area (Å²) >= 11 is 3.40. The third-order valence-corrected chi connectivity index (χ3v) is 6.45. The molecule has 4 nitrogen and oxygen atoms in total. The van der Waals surface area contributed by atoms with Crippen LogP contribution < -0.4 is 4.74 Å². The van der Waals surface area contributed by atoms with Crippen molar-refractivity contribution in [2.24, 2.45) is 0 Å². The van der Waals surface area contributed by atoms with Crippen LogP contribution in [0.5, 0.6) is 5.75 Å². The van der Waals surface area contributed by atoms with E-state index >= 15 is 0 Å². The highest BCUT2D eigenvalue weighted by Gasteiger charge is 2.25. The van der Waals surface area contributed by atoms with Crippen molar-refractivity contribution in [1.29, 1.82) is 0 Å². The van der Waals surface area contributed by atoms with Crippen LogP contribution >= 0.6 is 15.9 Å². The minimum absolute atomic E-state index is 0.107. The van der Waals surface area contributed by atoms with Crippen LogP contribution in [0.1, 0.15) is 26.3 Å². The topological polar surface area (TPSA) is 55.9 Å². The maximum atomic E-state index is 13.0. The number of sulfone groups is 1. The number of epoxide rings is 1. The molecule has 25 heavy (non-hydrogen) atoms. The summed E-state index contributed by atoms with van der Waals surface area (Å²) in [5, 5.41) is 0. The summed E-state index contributed by atoms with van der Waals surface area (Å²) in [6.45, 7) is 7.29. The Bertz CT molecular complexity index is 881. The van der Waals surface area contributed by atoms with E-state index in [1.807, 2.05) is 6.07 Å². The molecular weight excluding hydrogens is 404 g/mol. The summed E-state index contributed by atoms with van der Waals surface area (Å²) in [7, 11) is -3.62. The standard InChI is InChI=1S/C19H21BrO4S/c1-19(2,3)13-5-4-6-15(9-13)25(21,22)16-7-8-17(20)18(10-16)24-12-14-11-23-14/h4-10,14H,11-12H2,1-3H3. The van der Waals surface area contributed by atoms with Gasteiger partial charge in [0.05, 0.1) is 20.9 Å². The fraction of sp³-hybridized carbons (Fsp3) is 0.368. The second-order valence-electron chi connectivity index (χ2n) is 7.14. The van der Waals surface area contributed by atoms with E-state index < -0.39 is 9.84 Å². The van der Waals surface area contributed by atoms with Gasteiger partial charge < -0.3 is 9.47 Å². The monoisotopic (exact) mass is 424 g/mol. The van der Waals surface area contributed by atoms with Gasteiger partial charge in [0.25, 0.3) is 0 Å². The molecule has 0 bridgehead atoms. The van der Waals surface area contributed by atoms with E-state index in [0.717, 1.165) is 10.0 Å². The van der Waals surface area contributed by atoms with Crippen molar-refractivity contribution < 1.29 is 17.9 Å². The zero-order chi connectivity index (χ0) is 18.2. The lowest BCUT2D eigenvalue weighted by Gasteiger charge is -2.19. The summed E-state index contributed by atoms with van der Waals surface area (Å²) in [5.74, 6) is 0.503. The average Bonchev–Trinajstić information content (AvgIpc) is 3.37. The Balaban J connectivity index is 1.95. The largest absolute Gasteiger partial charge is 0.490 e. The molecule has 2 aromatic carbocycles. The minimum Gasteiger partial charge on any atom is -0.490 e. The SMILES string of the molecule is CC(C)(C)c1cccc(S(=O)(=O)c2ccc(Br)c(OCC3CO3)c2)c1. The molecule has 134 valence electrons. The van der Waals surface area contributed by atoms with Gasteiger partial charge in [-0.05, 0) is 51.2 Å². The van der Waals surface area contributed by atoms with Crippen LogP contribution in [-0.4, -0.2) is 27.7 Å². The fourth-order valence-corrected chi connectivity index (χ4v) is 4.06. The van der Waals surface area contributed by atoms with Crippen LogP contribution in [0.4, 0.5) is 0 Å². The number of ether oxygens (including phenoxy) is 2. The maximum Gasteiger partial charge on any atom is 0.206 e. The Kier molecular flexibility index (Phi) is 4.97. The van der Waals surface area contributed by atoms with Gasteiger partial charge in [0.1, 0.15) is 18.5 Å². The Morgan fingerprint density at radius 1 is 1.16 bits per heavy atom. The molecule has 1 heterocycles. The number of rotatable bonds is 5. The van der Waals surface area contributed by atoms with E-state index in [2.05, 4.69) is 36.7 Å². The van der Waals surface area contributed by atoms with Crippen molar-refractivity contribution in [3.63, 3.8) is 0 Å². The Labute approximate surface area is 157 Å². The molecule has 3 rings (SSSR count). The zero-order valence-corrected chi connectivity index (χ0v) is 16.9. The molecule has 1 aliphatic rings. The molecular formula is C19H21BrO4S. The Hall–Kier alpha value is -1.37. The first-order chi connectivity index (χ1) is 11.7. The average molecular weight is 425 g/mol. The van der Waals surface area contributed by atoms with Crippen LogP contribution in [0, 0.1) is 0 Å². The van der Waals surface area contributed by atoms with Crippen LogP contribution in [0.15, 0.2) is 56.7 Å². The van der Waals surface area contributed by atoms with E-state index in [0.29, 0.717) is 23.9 Å². The van der Waals surface area contributed by atoms with Gasteiger partial charge in [0, 0.05) is 6.07 Å². The quantitative estimate of drug-likeness (QED) is 0.669. The second-order valence-corrected chi connectivity index (χ2v) is 9.94. The number of halogens is 1. The molecule has 1 saturated heterocycles. The molecule has 0 spiro atoms. The lowest BCUT2D eigenvalue weighted by atomic mass is 9.87. The molecule has 0 aromatic heterocycles. The predicted molar refractivity (Wildman–Crippen MR) is 100.0 cm³/mol. The molecule has 0 amide bonds. The summed E-state index contributed by atoms with van der Waals surface area (Å²) in [6, 6.07) is 12.0. The maximum absolute atomic E-state index is 13.0. The first-order valence-electron chi connectivity index (χ1n) is 8.07. The van der Waals surface area contributed by atoms with Gasteiger partial charge in [-0.25, -0.2) is 8.42 Å². The van der Waals surface area contributed by atoms with Crippen molar-refractivity contribution in [3.05, 3.63) is 52.5 Å². The van der Waals surface area contributed by atoms with Gasteiger partial charge in [-0.15, -0.1) is 0 Å². The molecule has 0 saturated carbocycles. The highest BCUT2D eigenvalue weighted by Crippen LogP contribution is 2.32. The van der Waals surface area contributed by atoms with Crippen molar-refractivity contribution in [3.8, 4) is 5.75 Å². The molecule has 0 aliphatic carbocycles. The molecule has 0 radical (unpaired) electrons. The lowest BCUT2D eigenvalue weighted by molar-refractivity contribution is 0.261. The van der Waals surface area contributed by atoms with Gasteiger partial charge >= 0.3 is 0 Å². The molecule has 2 aromatic rings. The molecule has 1 fully saturated rings. The van der Waals surface area contributed by atoms with Gasteiger partial charge in [0.15, 0.2) is 0 Å². The van der Waals surface area contributed by atoms with Gasteiger partial charge in [-0.1, -0.05) is 32.9 Å². The van der Waals surface area contributed by atoms with Crippen LogP contribution in [0.3, 0.4) is 0 Å². The van der Waals surface area contributed by atoms with Gasteiger partial charge in [-0.3, -0.25) is 0 Å². The first-order valence-corrected chi connectivity index (χ1v) is 10.3. The van der Waals surface area contributed by atoms with Crippen molar-refractivity contribution in [2.75, 3.05) is 13.2 Å². The number of hydrogen-bond acceptors (Lipinski definition) is 4.